The van der Waals surface area contributed by atoms with E-state index in [0.29, 0.717) is 19.8 Å². The number of ether oxygens (including phenoxy) is 2. The lowest BCUT2D eigenvalue weighted by Crippen LogP contribution is -2.57. The van der Waals surface area contributed by atoms with Crippen LogP contribution in [0.4, 0.5) is 0 Å². The molecule has 8 heteroatoms. The summed E-state index contributed by atoms with van der Waals surface area (Å²) in [7, 11) is 0. The van der Waals surface area contributed by atoms with E-state index in [0.717, 1.165) is 88.1 Å². The fourth-order valence-electron chi connectivity index (χ4n) is 4.58. The molecule has 1 aromatic carbocycles. The van der Waals surface area contributed by atoms with Crippen LogP contribution in [0, 0.1) is 0 Å². The number of likely N-dealkylation sites (tertiary alicyclic amines) is 1. The maximum absolute atomic E-state index is 12.8. The predicted molar refractivity (Wildman–Crippen MR) is 125 cm³/mol. The van der Waals surface area contributed by atoms with Crippen molar-refractivity contribution in [2.24, 2.45) is 4.99 Å². The number of nitrogens with one attached hydrogen (secondary N) is 1. The number of aliphatic imine (C=N–C) groups is 1. The summed E-state index contributed by atoms with van der Waals surface area (Å²) >= 11 is 0. The predicted octanol–water partition coefficient (Wildman–Crippen LogP) is 1.94. The molecule has 4 rings (SSSR count). The van der Waals surface area contributed by atoms with Crippen molar-refractivity contribution in [3.05, 3.63) is 23.8 Å². The molecule has 32 heavy (non-hydrogen) atoms. The van der Waals surface area contributed by atoms with Gasteiger partial charge in [-0.2, -0.15) is 0 Å². The average Bonchev–Trinajstić information content (AvgIpc) is 3.26. The number of hydrogen-bond acceptors (Lipinski definition) is 5. The largest absolute Gasteiger partial charge is 0.490 e. The Morgan fingerprint density at radius 1 is 1.00 bits per heavy atom. The highest BCUT2D eigenvalue weighted by Gasteiger charge is 2.30. The van der Waals surface area contributed by atoms with Crippen LogP contribution in [0.15, 0.2) is 23.2 Å². The van der Waals surface area contributed by atoms with E-state index in [1.807, 2.05) is 17.0 Å². The molecule has 1 N–H and O–H groups in total. The number of carbonyl (C=O) groups excluding carboxylic acids is 1. The molecule has 0 bridgehead atoms. The summed E-state index contributed by atoms with van der Waals surface area (Å²) in [5.74, 6) is 2.84. The molecule has 3 aliphatic rings. The number of guanidine groups is 1. The van der Waals surface area contributed by atoms with Crippen LogP contribution in [0.25, 0.3) is 0 Å². The first kappa shape index (κ1) is 22.7. The number of fused-ring (bicyclic) bond motifs is 1. The standard InChI is InChI=1S/C24H37N5O3/c1-3-25-24(26-18-20-7-8-21-22(17-20)32-16-6-15-31-21)29-13-11-27(12-14-29)19(2)23(30)28-9-4-5-10-28/h7-8,17,19H,3-6,9-16,18H2,1-2H3,(H,25,26). The Morgan fingerprint density at radius 3 is 2.44 bits per heavy atom. The minimum atomic E-state index is -0.0448. The zero-order valence-electron chi connectivity index (χ0n) is 19.5. The van der Waals surface area contributed by atoms with Gasteiger partial charge in [-0.15, -0.1) is 0 Å². The Labute approximate surface area is 191 Å². The van der Waals surface area contributed by atoms with E-state index >= 15 is 0 Å². The monoisotopic (exact) mass is 443 g/mol. The summed E-state index contributed by atoms with van der Waals surface area (Å²) in [5, 5.41) is 3.43. The molecule has 2 fully saturated rings. The van der Waals surface area contributed by atoms with Crippen LogP contribution in [-0.4, -0.2) is 91.6 Å². The minimum absolute atomic E-state index is 0.0448. The van der Waals surface area contributed by atoms with Gasteiger partial charge in [0.15, 0.2) is 17.5 Å². The third-order valence-electron chi connectivity index (χ3n) is 6.49. The van der Waals surface area contributed by atoms with Crippen LogP contribution < -0.4 is 14.8 Å². The first-order valence-electron chi connectivity index (χ1n) is 12.1. The van der Waals surface area contributed by atoms with Crippen molar-refractivity contribution in [1.82, 2.24) is 20.0 Å². The molecule has 0 radical (unpaired) electrons. The van der Waals surface area contributed by atoms with Crippen molar-refractivity contribution in [1.29, 1.82) is 0 Å². The van der Waals surface area contributed by atoms with E-state index in [4.69, 9.17) is 14.5 Å². The zero-order chi connectivity index (χ0) is 22.3. The van der Waals surface area contributed by atoms with Gasteiger partial charge in [-0.1, -0.05) is 6.07 Å². The van der Waals surface area contributed by atoms with Gasteiger partial charge in [-0.05, 0) is 44.4 Å². The highest BCUT2D eigenvalue weighted by Crippen LogP contribution is 2.30. The molecule has 1 atom stereocenters. The number of benzene rings is 1. The Kier molecular flexibility index (Phi) is 7.73. The van der Waals surface area contributed by atoms with Crippen LogP contribution in [0.5, 0.6) is 11.5 Å². The van der Waals surface area contributed by atoms with Gasteiger partial charge in [0.05, 0.1) is 25.8 Å². The maximum atomic E-state index is 12.8. The maximum Gasteiger partial charge on any atom is 0.239 e. The third kappa shape index (κ3) is 5.46. The van der Waals surface area contributed by atoms with E-state index in [9.17, 15) is 4.79 Å². The van der Waals surface area contributed by atoms with E-state index in [1.165, 1.54) is 0 Å². The van der Waals surface area contributed by atoms with Gasteiger partial charge in [-0.3, -0.25) is 9.69 Å². The molecule has 1 unspecified atom stereocenters. The molecule has 1 amide bonds. The molecule has 3 aliphatic heterocycles. The van der Waals surface area contributed by atoms with Gasteiger partial charge in [-0.25, -0.2) is 4.99 Å². The Hall–Kier alpha value is -2.48. The fraction of sp³-hybridized carbons (Fsp3) is 0.667. The lowest BCUT2D eigenvalue weighted by molar-refractivity contribution is -0.135. The molecule has 0 aromatic heterocycles. The van der Waals surface area contributed by atoms with Crippen LogP contribution in [-0.2, 0) is 11.3 Å². The summed E-state index contributed by atoms with van der Waals surface area (Å²) in [6, 6.07) is 6.04. The van der Waals surface area contributed by atoms with Crippen molar-refractivity contribution < 1.29 is 14.3 Å². The second kappa shape index (κ2) is 10.9. The van der Waals surface area contributed by atoms with Crippen molar-refractivity contribution in [2.45, 2.75) is 45.7 Å². The Bertz CT molecular complexity index is 801. The van der Waals surface area contributed by atoms with Gasteiger partial charge < -0.3 is 24.6 Å². The normalized spacial score (nSPS) is 20.8. The zero-order valence-corrected chi connectivity index (χ0v) is 19.5. The molecule has 3 heterocycles. The SMILES string of the molecule is CCNC(=NCc1ccc2c(c1)OCCCO2)N1CCN(C(C)C(=O)N2CCCC2)CC1. The molecule has 8 nitrogen and oxygen atoms in total. The highest BCUT2D eigenvalue weighted by atomic mass is 16.5. The summed E-state index contributed by atoms with van der Waals surface area (Å²) < 4.78 is 11.5. The van der Waals surface area contributed by atoms with E-state index < -0.39 is 0 Å². The first-order chi connectivity index (χ1) is 15.7. The Balaban J connectivity index is 1.34. The quantitative estimate of drug-likeness (QED) is 0.554. The molecular formula is C24H37N5O3. The van der Waals surface area contributed by atoms with E-state index in [2.05, 4.69) is 35.0 Å². The highest BCUT2D eigenvalue weighted by molar-refractivity contribution is 5.82. The molecule has 1 aromatic rings. The van der Waals surface area contributed by atoms with Crippen molar-refractivity contribution in [3.8, 4) is 11.5 Å². The van der Waals surface area contributed by atoms with Crippen molar-refractivity contribution >= 4 is 11.9 Å². The summed E-state index contributed by atoms with van der Waals surface area (Å²) in [5.41, 5.74) is 1.10. The molecule has 0 saturated carbocycles. The molecular weight excluding hydrogens is 406 g/mol. The number of hydrogen-bond donors (Lipinski definition) is 1. The number of amides is 1. The second-order valence-electron chi connectivity index (χ2n) is 8.73. The smallest absolute Gasteiger partial charge is 0.239 e. The van der Waals surface area contributed by atoms with Crippen molar-refractivity contribution in [3.63, 3.8) is 0 Å². The van der Waals surface area contributed by atoms with Crippen LogP contribution in [0.2, 0.25) is 0 Å². The summed E-state index contributed by atoms with van der Waals surface area (Å²) in [6.45, 7) is 12.2. The minimum Gasteiger partial charge on any atom is -0.490 e. The summed E-state index contributed by atoms with van der Waals surface area (Å²) in [6.07, 6.45) is 3.18. The van der Waals surface area contributed by atoms with Crippen molar-refractivity contribution in [2.75, 3.05) is 59.0 Å². The van der Waals surface area contributed by atoms with Gasteiger partial charge in [0.2, 0.25) is 5.91 Å². The van der Waals surface area contributed by atoms with Crippen LogP contribution in [0.1, 0.15) is 38.7 Å². The van der Waals surface area contributed by atoms with E-state index in [1.54, 1.807) is 0 Å². The molecule has 2 saturated heterocycles. The number of piperazine rings is 1. The molecule has 176 valence electrons. The fourth-order valence-corrected chi connectivity index (χ4v) is 4.58. The van der Waals surface area contributed by atoms with Gasteiger partial charge in [0, 0.05) is 52.2 Å². The van der Waals surface area contributed by atoms with Gasteiger partial charge >= 0.3 is 0 Å². The molecule has 0 aliphatic carbocycles. The lowest BCUT2D eigenvalue weighted by atomic mass is 10.2. The number of rotatable bonds is 5. The number of carbonyl (C=O) groups is 1. The van der Waals surface area contributed by atoms with Crippen LogP contribution >= 0.6 is 0 Å². The Morgan fingerprint density at radius 2 is 1.72 bits per heavy atom. The third-order valence-corrected chi connectivity index (χ3v) is 6.49. The topological polar surface area (TPSA) is 69.6 Å². The first-order valence-corrected chi connectivity index (χ1v) is 12.1. The summed E-state index contributed by atoms with van der Waals surface area (Å²) in [4.78, 5) is 24.3. The lowest BCUT2D eigenvalue weighted by Gasteiger charge is -2.39. The number of nitrogens with zero attached hydrogens (tertiary/aromatic N) is 4. The van der Waals surface area contributed by atoms with E-state index in [-0.39, 0.29) is 11.9 Å². The van der Waals surface area contributed by atoms with Gasteiger partial charge in [0.1, 0.15) is 0 Å². The average molecular weight is 444 g/mol. The van der Waals surface area contributed by atoms with Crippen LogP contribution in [0.3, 0.4) is 0 Å². The second-order valence-corrected chi connectivity index (χ2v) is 8.73. The van der Waals surface area contributed by atoms with Gasteiger partial charge in [0.25, 0.3) is 0 Å². The molecule has 0 spiro atoms.